The summed E-state index contributed by atoms with van der Waals surface area (Å²) in [4.78, 5) is 38.2. The molecule has 0 aromatic heterocycles. The molecule has 0 fully saturated rings. The second-order valence-corrected chi connectivity index (χ2v) is 21.3. The molecule has 6 nitrogen and oxygen atoms in total. The second-order valence-electron chi connectivity index (χ2n) is 21.3. The lowest BCUT2D eigenvalue weighted by Gasteiger charge is -2.18. The Morgan fingerprint density at radius 3 is 0.875 bits per heavy atom. The van der Waals surface area contributed by atoms with Crippen LogP contribution in [0.5, 0.6) is 0 Å². The highest BCUT2D eigenvalue weighted by molar-refractivity contribution is 5.71. The van der Waals surface area contributed by atoms with E-state index in [1.54, 1.807) is 0 Å². The molecule has 0 aliphatic carbocycles. The Bertz CT molecular complexity index is 1250. The molecule has 72 heavy (non-hydrogen) atoms. The number of hydrogen-bond donors (Lipinski definition) is 0. The quantitative estimate of drug-likeness (QED) is 0.0261. The maximum absolute atomic E-state index is 12.8. The summed E-state index contributed by atoms with van der Waals surface area (Å²) in [6.07, 6.45) is 75.7. The van der Waals surface area contributed by atoms with Crippen molar-refractivity contribution in [3.05, 3.63) is 48.6 Å². The van der Waals surface area contributed by atoms with Gasteiger partial charge < -0.3 is 14.2 Å². The zero-order valence-corrected chi connectivity index (χ0v) is 48.2. The van der Waals surface area contributed by atoms with Crippen molar-refractivity contribution in [2.75, 3.05) is 13.2 Å². The molecule has 0 heterocycles. The van der Waals surface area contributed by atoms with Crippen LogP contribution in [0.2, 0.25) is 0 Å². The van der Waals surface area contributed by atoms with E-state index in [4.69, 9.17) is 14.2 Å². The largest absolute Gasteiger partial charge is 0.462 e. The predicted molar refractivity (Wildman–Crippen MR) is 312 cm³/mol. The minimum absolute atomic E-state index is 0.0828. The topological polar surface area (TPSA) is 78.9 Å². The van der Waals surface area contributed by atoms with Crippen molar-refractivity contribution in [2.24, 2.45) is 0 Å². The highest BCUT2D eigenvalue weighted by atomic mass is 16.6. The van der Waals surface area contributed by atoms with Crippen molar-refractivity contribution >= 4 is 17.9 Å². The molecule has 0 aromatic rings. The van der Waals surface area contributed by atoms with E-state index in [0.717, 1.165) is 96.3 Å². The van der Waals surface area contributed by atoms with Crippen molar-refractivity contribution in [3.8, 4) is 0 Å². The first-order valence-corrected chi connectivity index (χ1v) is 31.6. The van der Waals surface area contributed by atoms with Crippen molar-refractivity contribution < 1.29 is 28.6 Å². The van der Waals surface area contributed by atoms with Gasteiger partial charge >= 0.3 is 17.9 Å². The van der Waals surface area contributed by atoms with Crippen LogP contribution in [-0.4, -0.2) is 37.2 Å². The Kier molecular flexibility index (Phi) is 58.7. The fourth-order valence-corrected chi connectivity index (χ4v) is 9.34. The minimum Gasteiger partial charge on any atom is -0.462 e. The van der Waals surface area contributed by atoms with Crippen LogP contribution >= 0.6 is 0 Å². The Labute approximate surface area is 448 Å². The number of carbonyl (C=O) groups is 3. The van der Waals surface area contributed by atoms with Crippen molar-refractivity contribution in [3.63, 3.8) is 0 Å². The zero-order valence-electron chi connectivity index (χ0n) is 48.2. The Morgan fingerprint density at radius 1 is 0.292 bits per heavy atom. The first-order valence-electron chi connectivity index (χ1n) is 31.6. The molecule has 420 valence electrons. The van der Waals surface area contributed by atoms with Gasteiger partial charge in [-0.25, -0.2) is 0 Å². The molecule has 0 aromatic carbocycles. The fraction of sp³-hybridized carbons (Fsp3) is 0.833. The molecule has 0 bridgehead atoms. The van der Waals surface area contributed by atoms with Gasteiger partial charge in [-0.2, -0.15) is 0 Å². The van der Waals surface area contributed by atoms with E-state index in [1.165, 1.54) is 199 Å². The molecular formula is C66H120O6. The van der Waals surface area contributed by atoms with Crippen LogP contribution in [0.1, 0.15) is 335 Å². The third-order valence-electron chi connectivity index (χ3n) is 14.1. The number of allylic oxidation sites excluding steroid dienone is 8. The van der Waals surface area contributed by atoms with E-state index in [1.807, 2.05) is 0 Å². The van der Waals surface area contributed by atoms with Crippen LogP contribution in [0, 0.1) is 0 Å². The van der Waals surface area contributed by atoms with Gasteiger partial charge in [0.25, 0.3) is 0 Å². The lowest BCUT2D eigenvalue weighted by Crippen LogP contribution is -2.30. The molecule has 0 spiro atoms. The highest BCUT2D eigenvalue weighted by Crippen LogP contribution is 2.18. The minimum atomic E-state index is -0.788. The van der Waals surface area contributed by atoms with Gasteiger partial charge in [0.1, 0.15) is 13.2 Å². The fourth-order valence-electron chi connectivity index (χ4n) is 9.34. The number of esters is 3. The van der Waals surface area contributed by atoms with Crippen molar-refractivity contribution in [1.82, 2.24) is 0 Å². The molecule has 0 radical (unpaired) electrons. The summed E-state index contributed by atoms with van der Waals surface area (Å²) < 4.78 is 16.9. The van der Waals surface area contributed by atoms with Gasteiger partial charge in [-0.15, -0.1) is 0 Å². The molecule has 0 aliphatic heterocycles. The number of hydrogen-bond acceptors (Lipinski definition) is 6. The van der Waals surface area contributed by atoms with Gasteiger partial charge in [0.15, 0.2) is 6.10 Å². The smallest absolute Gasteiger partial charge is 0.306 e. The molecule has 1 unspecified atom stereocenters. The first kappa shape index (κ1) is 69.4. The second kappa shape index (κ2) is 60.9. The molecule has 0 rings (SSSR count). The van der Waals surface area contributed by atoms with Gasteiger partial charge in [-0.3, -0.25) is 14.4 Å². The molecule has 1 atom stereocenters. The lowest BCUT2D eigenvalue weighted by atomic mass is 10.0. The number of rotatable bonds is 58. The van der Waals surface area contributed by atoms with Crippen LogP contribution in [0.25, 0.3) is 0 Å². The summed E-state index contributed by atoms with van der Waals surface area (Å²) in [5, 5.41) is 0. The molecule has 0 aliphatic rings. The van der Waals surface area contributed by atoms with Gasteiger partial charge in [0.05, 0.1) is 0 Å². The van der Waals surface area contributed by atoms with Crippen LogP contribution in [0.3, 0.4) is 0 Å². The van der Waals surface area contributed by atoms with E-state index < -0.39 is 6.10 Å². The normalized spacial score (nSPS) is 12.3. The van der Waals surface area contributed by atoms with Crippen molar-refractivity contribution in [2.45, 2.75) is 341 Å². The van der Waals surface area contributed by atoms with E-state index in [9.17, 15) is 14.4 Å². The van der Waals surface area contributed by atoms with Gasteiger partial charge in [0, 0.05) is 19.3 Å². The van der Waals surface area contributed by atoms with Crippen LogP contribution < -0.4 is 0 Å². The standard InChI is InChI=1S/C66H120O6/c1-4-7-10-13-16-19-22-25-27-28-29-30-31-32-33-34-35-36-37-38-39-42-44-47-50-53-56-59-65(68)71-62-63(61-70-64(67)58-55-52-49-46-43-40-24-21-18-15-12-9-6-3)72-66(69)60-57-54-51-48-45-41-26-23-20-17-14-11-8-5-2/h9,12,18,21,23,26,40,43,63H,4-8,10-11,13-17,19-20,22,24-25,27-39,41-42,44-62H2,1-3H3/b12-9-,21-18-,26-23-,43-40-. The number of unbranched alkanes of at least 4 members (excludes halogenated alkanes) is 39. The van der Waals surface area contributed by atoms with Crippen LogP contribution in [0.15, 0.2) is 48.6 Å². The molecule has 0 saturated carbocycles. The average Bonchev–Trinajstić information content (AvgIpc) is 3.38. The van der Waals surface area contributed by atoms with Gasteiger partial charge in [0.2, 0.25) is 0 Å². The summed E-state index contributed by atoms with van der Waals surface area (Å²) in [6.45, 7) is 6.53. The molecule has 0 amide bonds. The van der Waals surface area contributed by atoms with Gasteiger partial charge in [-0.1, -0.05) is 288 Å². The number of carbonyl (C=O) groups excluding carboxylic acids is 3. The van der Waals surface area contributed by atoms with Gasteiger partial charge in [-0.05, 0) is 77.0 Å². The van der Waals surface area contributed by atoms with E-state index in [-0.39, 0.29) is 31.1 Å². The van der Waals surface area contributed by atoms with Crippen LogP contribution in [0.4, 0.5) is 0 Å². The summed E-state index contributed by atoms with van der Waals surface area (Å²) in [5.41, 5.74) is 0. The molecule has 0 saturated heterocycles. The summed E-state index contributed by atoms with van der Waals surface area (Å²) in [5.74, 6) is -0.905. The molecule has 6 heteroatoms. The van der Waals surface area contributed by atoms with Crippen LogP contribution in [-0.2, 0) is 28.6 Å². The SMILES string of the molecule is CC/C=C\C/C=C\C/C=C\CCCCCC(=O)OCC(COC(=O)CCCCCCCCCCCCCCCCCCCCCCCCCCCCC)OC(=O)CCCCCCC/C=C\CCCCCCC. The Hall–Kier alpha value is -2.63. The first-order chi connectivity index (χ1) is 35.5. The average molecular weight is 1010 g/mol. The summed E-state index contributed by atoms with van der Waals surface area (Å²) in [6, 6.07) is 0. The molecule has 0 N–H and O–H groups in total. The number of ether oxygens (including phenoxy) is 3. The Balaban J connectivity index is 4.19. The summed E-state index contributed by atoms with van der Waals surface area (Å²) >= 11 is 0. The lowest BCUT2D eigenvalue weighted by molar-refractivity contribution is -0.167. The predicted octanol–water partition coefficient (Wildman–Crippen LogP) is 21.4. The monoisotopic (exact) mass is 1010 g/mol. The third kappa shape index (κ3) is 58.3. The van der Waals surface area contributed by atoms with E-state index in [2.05, 4.69) is 69.4 Å². The maximum Gasteiger partial charge on any atom is 0.306 e. The van der Waals surface area contributed by atoms with E-state index in [0.29, 0.717) is 19.3 Å². The highest BCUT2D eigenvalue weighted by Gasteiger charge is 2.19. The van der Waals surface area contributed by atoms with E-state index >= 15 is 0 Å². The molecular weight excluding hydrogens is 889 g/mol. The van der Waals surface area contributed by atoms with Crippen molar-refractivity contribution in [1.29, 1.82) is 0 Å². The summed E-state index contributed by atoms with van der Waals surface area (Å²) in [7, 11) is 0. The Morgan fingerprint density at radius 2 is 0.542 bits per heavy atom. The maximum atomic E-state index is 12.8. The zero-order chi connectivity index (χ0) is 52.2. The third-order valence-corrected chi connectivity index (χ3v) is 14.1.